The summed E-state index contributed by atoms with van der Waals surface area (Å²) in [4.78, 5) is 11.3. The molecule has 0 saturated heterocycles. The van der Waals surface area contributed by atoms with E-state index >= 15 is 0 Å². The van der Waals surface area contributed by atoms with Crippen molar-refractivity contribution in [1.82, 2.24) is 0 Å². The third kappa shape index (κ3) is 2.05. The standard InChI is InChI=1S/C11H8FNO/c1-2-3-11(14)8-4-5-10(12)9(6-8)7-13/h2-6H,1H3/b3-2+. The van der Waals surface area contributed by atoms with Gasteiger partial charge < -0.3 is 0 Å². The molecule has 2 nitrogen and oxygen atoms in total. The van der Waals surface area contributed by atoms with E-state index in [1.54, 1.807) is 19.1 Å². The molecule has 1 aromatic carbocycles. The lowest BCUT2D eigenvalue weighted by atomic mass is 10.1. The van der Waals surface area contributed by atoms with Gasteiger partial charge in [0.1, 0.15) is 11.9 Å². The maximum atomic E-state index is 12.9. The molecule has 0 aliphatic carbocycles. The van der Waals surface area contributed by atoms with E-state index in [0.29, 0.717) is 5.56 Å². The summed E-state index contributed by atoms with van der Waals surface area (Å²) in [6.07, 6.45) is 2.96. The van der Waals surface area contributed by atoms with Crippen LogP contribution in [0.15, 0.2) is 30.4 Å². The van der Waals surface area contributed by atoms with Gasteiger partial charge in [-0.3, -0.25) is 4.79 Å². The Bertz CT molecular complexity index is 429. The van der Waals surface area contributed by atoms with Crippen molar-refractivity contribution in [2.75, 3.05) is 0 Å². The van der Waals surface area contributed by atoms with Crippen LogP contribution in [-0.4, -0.2) is 5.78 Å². The third-order valence-electron chi connectivity index (χ3n) is 1.69. The summed E-state index contributed by atoms with van der Waals surface area (Å²) in [6.45, 7) is 1.71. The third-order valence-corrected chi connectivity index (χ3v) is 1.69. The van der Waals surface area contributed by atoms with E-state index in [-0.39, 0.29) is 11.3 Å². The number of benzene rings is 1. The molecule has 0 bridgehead atoms. The van der Waals surface area contributed by atoms with Crippen LogP contribution < -0.4 is 0 Å². The van der Waals surface area contributed by atoms with Gasteiger partial charge in [0.2, 0.25) is 0 Å². The zero-order valence-corrected chi connectivity index (χ0v) is 7.62. The topological polar surface area (TPSA) is 40.9 Å². The lowest BCUT2D eigenvalue weighted by Crippen LogP contribution is -1.96. The maximum Gasteiger partial charge on any atom is 0.185 e. The van der Waals surface area contributed by atoms with Crippen molar-refractivity contribution in [3.63, 3.8) is 0 Å². The highest BCUT2D eigenvalue weighted by Gasteiger charge is 2.06. The monoisotopic (exact) mass is 189 g/mol. The Labute approximate surface area is 81.3 Å². The van der Waals surface area contributed by atoms with Crippen molar-refractivity contribution in [1.29, 1.82) is 5.26 Å². The van der Waals surface area contributed by atoms with E-state index in [9.17, 15) is 9.18 Å². The first kappa shape index (κ1) is 10.1. The Balaban J connectivity index is 3.14. The first-order valence-corrected chi connectivity index (χ1v) is 4.05. The first-order chi connectivity index (χ1) is 6.69. The van der Waals surface area contributed by atoms with E-state index in [4.69, 9.17) is 5.26 Å². The Hall–Kier alpha value is -1.95. The van der Waals surface area contributed by atoms with Gasteiger partial charge >= 0.3 is 0 Å². The normalized spacial score (nSPS) is 10.1. The number of allylic oxidation sites excluding steroid dienone is 2. The summed E-state index contributed by atoms with van der Waals surface area (Å²) in [7, 11) is 0. The molecule has 0 amide bonds. The zero-order valence-electron chi connectivity index (χ0n) is 7.62. The molecule has 1 aromatic rings. The molecular formula is C11H8FNO. The van der Waals surface area contributed by atoms with Gasteiger partial charge in [-0.15, -0.1) is 0 Å². The minimum atomic E-state index is -0.607. The van der Waals surface area contributed by atoms with Crippen LogP contribution >= 0.6 is 0 Å². The van der Waals surface area contributed by atoms with Crippen LogP contribution in [0.2, 0.25) is 0 Å². The Morgan fingerprint density at radius 2 is 2.29 bits per heavy atom. The first-order valence-electron chi connectivity index (χ1n) is 4.05. The van der Waals surface area contributed by atoms with Crippen molar-refractivity contribution in [3.8, 4) is 6.07 Å². The summed E-state index contributed by atoms with van der Waals surface area (Å²) in [5, 5.41) is 8.54. The average Bonchev–Trinajstić information content (AvgIpc) is 2.19. The molecular weight excluding hydrogens is 181 g/mol. The van der Waals surface area contributed by atoms with Gasteiger partial charge in [-0.1, -0.05) is 6.08 Å². The van der Waals surface area contributed by atoms with E-state index in [1.807, 2.05) is 0 Å². The lowest BCUT2D eigenvalue weighted by Gasteiger charge is -1.97. The molecule has 0 spiro atoms. The fourth-order valence-electron chi connectivity index (χ4n) is 1.01. The molecule has 0 radical (unpaired) electrons. The van der Waals surface area contributed by atoms with Crippen LogP contribution in [0.3, 0.4) is 0 Å². The maximum absolute atomic E-state index is 12.9. The number of ketones is 1. The van der Waals surface area contributed by atoms with E-state index in [0.717, 1.165) is 6.07 Å². The highest BCUT2D eigenvalue weighted by Crippen LogP contribution is 2.10. The van der Waals surface area contributed by atoms with Crippen molar-refractivity contribution in [2.24, 2.45) is 0 Å². The van der Waals surface area contributed by atoms with Crippen LogP contribution in [0.25, 0.3) is 0 Å². The van der Waals surface area contributed by atoms with Crippen molar-refractivity contribution < 1.29 is 9.18 Å². The summed E-state index contributed by atoms with van der Waals surface area (Å²) in [6, 6.07) is 5.41. The van der Waals surface area contributed by atoms with Gasteiger partial charge in [0.15, 0.2) is 5.78 Å². The van der Waals surface area contributed by atoms with Gasteiger partial charge in [-0.25, -0.2) is 4.39 Å². The number of hydrogen-bond donors (Lipinski definition) is 0. The molecule has 1 rings (SSSR count). The predicted molar refractivity (Wildman–Crippen MR) is 50.3 cm³/mol. The molecule has 0 aromatic heterocycles. The molecule has 0 heterocycles. The van der Waals surface area contributed by atoms with Crippen molar-refractivity contribution >= 4 is 5.78 Å². The second-order valence-corrected chi connectivity index (χ2v) is 2.67. The molecule has 0 aliphatic rings. The van der Waals surface area contributed by atoms with E-state index in [1.165, 1.54) is 18.2 Å². The van der Waals surface area contributed by atoms with Crippen molar-refractivity contribution in [3.05, 3.63) is 47.3 Å². The Morgan fingerprint density at radius 1 is 1.57 bits per heavy atom. The van der Waals surface area contributed by atoms with E-state index in [2.05, 4.69) is 0 Å². The number of rotatable bonds is 2. The fourth-order valence-corrected chi connectivity index (χ4v) is 1.01. The van der Waals surface area contributed by atoms with Crippen LogP contribution in [0.4, 0.5) is 4.39 Å². The average molecular weight is 189 g/mol. The summed E-state index contributed by atoms with van der Waals surface area (Å²) in [5.74, 6) is -0.839. The summed E-state index contributed by atoms with van der Waals surface area (Å²) in [5.41, 5.74) is 0.210. The zero-order chi connectivity index (χ0) is 10.6. The Kier molecular flexibility index (Phi) is 3.14. The minimum Gasteiger partial charge on any atom is -0.289 e. The van der Waals surface area contributed by atoms with Gasteiger partial charge in [-0.2, -0.15) is 5.26 Å². The lowest BCUT2D eigenvalue weighted by molar-refractivity contribution is 0.104. The van der Waals surface area contributed by atoms with Crippen LogP contribution in [0.1, 0.15) is 22.8 Å². The summed E-state index contributed by atoms with van der Waals surface area (Å²) < 4.78 is 12.9. The molecule has 14 heavy (non-hydrogen) atoms. The molecule has 0 aliphatic heterocycles. The number of carbonyl (C=O) groups excluding carboxylic acids is 1. The molecule has 0 unspecified atom stereocenters. The largest absolute Gasteiger partial charge is 0.289 e. The second kappa shape index (κ2) is 4.33. The molecule has 70 valence electrons. The van der Waals surface area contributed by atoms with Gasteiger partial charge in [0, 0.05) is 5.56 Å². The molecule has 0 atom stereocenters. The molecule has 0 N–H and O–H groups in total. The number of hydrogen-bond acceptors (Lipinski definition) is 2. The number of halogens is 1. The minimum absolute atomic E-state index is 0.111. The predicted octanol–water partition coefficient (Wildman–Crippen LogP) is 2.46. The number of carbonyl (C=O) groups is 1. The highest BCUT2D eigenvalue weighted by atomic mass is 19.1. The van der Waals surface area contributed by atoms with Crippen LogP contribution in [-0.2, 0) is 0 Å². The van der Waals surface area contributed by atoms with Crippen LogP contribution in [0, 0.1) is 17.1 Å². The highest BCUT2D eigenvalue weighted by molar-refractivity contribution is 6.04. The summed E-state index contributed by atoms with van der Waals surface area (Å²) >= 11 is 0. The smallest absolute Gasteiger partial charge is 0.185 e. The van der Waals surface area contributed by atoms with Crippen molar-refractivity contribution in [2.45, 2.75) is 6.92 Å². The number of nitrogens with zero attached hydrogens (tertiary/aromatic N) is 1. The van der Waals surface area contributed by atoms with Gasteiger partial charge in [-0.05, 0) is 31.2 Å². The van der Waals surface area contributed by atoms with Gasteiger partial charge in [0.25, 0.3) is 0 Å². The fraction of sp³-hybridized carbons (Fsp3) is 0.0909. The van der Waals surface area contributed by atoms with E-state index < -0.39 is 5.82 Å². The molecule has 3 heteroatoms. The molecule has 0 fully saturated rings. The quantitative estimate of drug-likeness (QED) is 0.529. The van der Waals surface area contributed by atoms with Gasteiger partial charge in [0.05, 0.1) is 5.56 Å². The SMILES string of the molecule is C/C=C/C(=O)c1ccc(F)c(C#N)c1. The van der Waals surface area contributed by atoms with Crippen LogP contribution in [0.5, 0.6) is 0 Å². The molecule has 0 saturated carbocycles. The number of nitriles is 1. The second-order valence-electron chi connectivity index (χ2n) is 2.67. The Morgan fingerprint density at radius 3 is 2.86 bits per heavy atom.